The molecule has 0 bridgehead atoms. The number of nitrogens with zero attached hydrogens (tertiary/aromatic N) is 2. The van der Waals surface area contributed by atoms with Crippen LogP contribution in [-0.4, -0.2) is 28.9 Å². The Balaban J connectivity index is 1.73. The van der Waals surface area contributed by atoms with Gasteiger partial charge in [-0.25, -0.2) is 4.98 Å². The highest BCUT2D eigenvalue weighted by Gasteiger charge is 2.48. The van der Waals surface area contributed by atoms with Gasteiger partial charge in [-0.05, 0) is 54.4 Å². The number of aromatic nitrogens is 1. The van der Waals surface area contributed by atoms with Crippen molar-refractivity contribution < 1.29 is 19.4 Å². The van der Waals surface area contributed by atoms with Gasteiger partial charge in [-0.15, -0.1) is 0 Å². The topological polar surface area (TPSA) is 79.7 Å². The summed E-state index contributed by atoms with van der Waals surface area (Å²) in [6, 6.07) is 18.5. The van der Waals surface area contributed by atoms with Crippen LogP contribution >= 0.6 is 22.9 Å². The molecule has 1 aliphatic rings. The number of halogens is 1. The minimum absolute atomic E-state index is 0.0205. The normalized spacial score (nSPS) is 17.5. The highest BCUT2D eigenvalue weighted by molar-refractivity contribution is 7.22. The van der Waals surface area contributed by atoms with E-state index < -0.39 is 17.7 Å². The maximum absolute atomic E-state index is 13.3. The van der Waals surface area contributed by atoms with Gasteiger partial charge in [0.25, 0.3) is 5.78 Å². The van der Waals surface area contributed by atoms with Crippen molar-refractivity contribution in [2.24, 2.45) is 0 Å². The Labute approximate surface area is 204 Å². The number of aryl methyl sites for hydroxylation is 1. The number of hydrogen-bond acceptors (Lipinski definition) is 6. The lowest BCUT2D eigenvalue weighted by Gasteiger charge is -2.23. The highest BCUT2D eigenvalue weighted by atomic mass is 35.5. The Bertz CT molecular complexity index is 1480. The number of hydrogen-bond donors (Lipinski definition) is 1. The molecule has 0 saturated carbocycles. The van der Waals surface area contributed by atoms with Gasteiger partial charge in [-0.3, -0.25) is 14.5 Å². The van der Waals surface area contributed by atoms with E-state index in [1.165, 1.54) is 16.2 Å². The number of Topliss-reactive ketones (excluding diaryl/α,β-unsaturated/α-hetero) is 1. The number of methoxy groups -OCH3 is 1. The smallest absolute Gasteiger partial charge is 0.301 e. The molecule has 0 aliphatic carbocycles. The first-order chi connectivity index (χ1) is 16.4. The molecule has 170 valence electrons. The zero-order valence-electron chi connectivity index (χ0n) is 18.3. The summed E-state index contributed by atoms with van der Waals surface area (Å²) in [5, 5.41) is 12.0. The van der Waals surface area contributed by atoms with E-state index in [1.54, 1.807) is 55.6 Å². The molecule has 0 spiro atoms. The number of ketones is 1. The predicted octanol–water partition coefficient (Wildman–Crippen LogP) is 5.89. The van der Waals surface area contributed by atoms with E-state index >= 15 is 0 Å². The van der Waals surface area contributed by atoms with Crippen LogP contribution in [0.5, 0.6) is 5.75 Å². The number of anilines is 1. The van der Waals surface area contributed by atoms with Gasteiger partial charge in [0.1, 0.15) is 11.5 Å². The first-order valence-corrected chi connectivity index (χ1v) is 11.6. The molecule has 1 aromatic heterocycles. The van der Waals surface area contributed by atoms with E-state index in [2.05, 4.69) is 4.98 Å². The van der Waals surface area contributed by atoms with Crippen LogP contribution in [0.2, 0.25) is 5.02 Å². The molecule has 1 saturated heterocycles. The van der Waals surface area contributed by atoms with Crippen molar-refractivity contribution in [2.45, 2.75) is 13.0 Å². The second-order valence-corrected chi connectivity index (χ2v) is 9.37. The number of aliphatic hydroxyl groups is 1. The van der Waals surface area contributed by atoms with E-state index in [4.69, 9.17) is 16.3 Å². The van der Waals surface area contributed by atoms with Crippen LogP contribution in [0.25, 0.3) is 16.0 Å². The van der Waals surface area contributed by atoms with Crippen LogP contribution in [0.3, 0.4) is 0 Å². The van der Waals surface area contributed by atoms with E-state index in [0.717, 1.165) is 15.8 Å². The molecular formula is C26H19ClN2O4S. The van der Waals surface area contributed by atoms with Gasteiger partial charge in [0.2, 0.25) is 0 Å². The lowest BCUT2D eigenvalue weighted by atomic mass is 9.95. The summed E-state index contributed by atoms with van der Waals surface area (Å²) in [6.45, 7) is 1.98. The van der Waals surface area contributed by atoms with Crippen LogP contribution in [0, 0.1) is 6.92 Å². The molecule has 34 heavy (non-hydrogen) atoms. The first kappa shape index (κ1) is 22.1. The fourth-order valence-corrected chi connectivity index (χ4v) is 5.33. The van der Waals surface area contributed by atoms with Gasteiger partial charge in [0.15, 0.2) is 5.13 Å². The van der Waals surface area contributed by atoms with Gasteiger partial charge >= 0.3 is 5.91 Å². The van der Waals surface area contributed by atoms with Crippen molar-refractivity contribution in [1.82, 2.24) is 4.98 Å². The van der Waals surface area contributed by atoms with Gasteiger partial charge < -0.3 is 9.84 Å². The lowest BCUT2D eigenvalue weighted by molar-refractivity contribution is -0.132. The quantitative estimate of drug-likeness (QED) is 0.219. The second-order valence-electron chi connectivity index (χ2n) is 7.92. The van der Waals surface area contributed by atoms with Crippen molar-refractivity contribution in [3.05, 3.63) is 94.0 Å². The zero-order valence-corrected chi connectivity index (χ0v) is 19.9. The summed E-state index contributed by atoms with van der Waals surface area (Å²) >= 11 is 7.44. The molecule has 2 heterocycles. The fraction of sp³-hybridized carbons (Fsp3) is 0.115. The summed E-state index contributed by atoms with van der Waals surface area (Å²) in [4.78, 5) is 32.6. The third-order valence-corrected chi connectivity index (χ3v) is 6.97. The minimum Gasteiger partial charge on any atom is -0.507 e. The van der Waals surface area contributed by atoms with Crippen molar-refractivity contribution in [3.63, 3.8) is 0 Å². The molecular weight excluding hydrogens is 472 g/mol. The number of aliphatic hydroxyl groups excluding tert-OH is 1. The van der Waals surface area contributed by atoms with Crippen LogP contribution in [-0.2, 0) is 9.59 Å². The Morgan fingerprint density at radius 1 is 1.09 bits per heavy atom. The van der Waals surface area contributed by atoms with E-state index in [1.807, 2.05) is 25.1 Å². The standard InChI is InChI=1S/C26H19ClN2O4S/c1-14-6-11-19-20(12-14)34-26(28-19)29-22(15-7-9-18(33-2)10-8-15)21(24(31)25(29)32)23(30)16-4-3-5-17(27)13-16/h3-13,22,30H,1-2H3/b23-21+. The van der Waals surface area contributed by atoms with Crippen molar-refractivity contribution in [1.29, 1.82) is 0 Å². The first-order valence-electron chi connectivity index (χ1n) is 10.5. The summed E-state index contributed by atoms with van der Waals surface area (Å²) in [5.41, 5.74) is 2.77. The molecule has 1 N–H and O–H groups in total. The lowest BCUT2D eigenvalue weighted by Crippen LogP contribution is -2.29. The molecule has 1 atom stereocenters. The zero-order chi connectivity index (χ0) is 24.0. The molecule has 1 fully saturated rings. The van der Waals surface area contributed by atoms with E-state index in [-0.39, 0.29) is 11.3 Å². The number of amides is 1. The average molecular weight is 491 g/mol. The van der Waals surface area contributed by atoms with Crippen LogP contribution in [0.1, 0.15) is 22.7 Å². The molecule has 1 unspecified atom stereocenters. The summed E-state index contributed by atoms with van der Waals surface area (Å²) in [5.74, 6) is -1.19. The molecule has 1 aliphatic heterocycles. The molecule has 5 rings (SSSR count). The maximum Gasteiger partial charge on any atom is 0.301 e. The summed E-state index contributed by atoms with van der Waals surface area (Å²) in [7, 11) is 1.56. The number of ether oxygens (including phenoxy) is 1. The molecule has 3 aromatic carbocycles. The van der Waals surface area contributed by atoms with Gasteiger partial charge in [0, 0.05) is 10.6 Å². The Morgan fingerprint density at radius 2 is 1.85 bits per heavy atom. The third-order valence-electron chi connectivity index (χ3n) is 5.71. The molecule has 4 aromatic rings. The molecule has 0 radical (unpaired) electrons. The number of benzene rings is 3. The van der Waals surface area contributed by atoms with Crippen LogP contribution < -0.4 is 9.64 Å². The van der Waals surface area contributed by atoms with Gasteiger partial charge in [0.05, 0.1) is 28.9 Å². The summed E-state index contributed by atoms with van der Waals surface area (Å²) < 4.78 is 6.16. The third kappa shape index (κ3) is 3.73. The molecule has 1 amide bonds. The van der Waals surface area contributed by atoms with Gasteiger partial charge in [-0.1, -0.05) is 53.3 Å². The Morgan fingerprint density at radius 3 is 2.56 bits per heavy atom. The predicted molar refractivity (Wildman–Crippen MR) is 134 cm³/mol. The van der Waals surface area contributed by atoms with Crippen LogP contribution in [0.15, 0.2) is 72.3 Å². The largest absolute Gasteiger partial charge is 0.507 e. The summed E-state index contributed by atoms with van der Waals surface area (Å²) in [6.07, 6.45) is 0. The number of carbonyl (C=O) groups excluding carboxylic acids is 2. The number of thiazole rings is 1. The van der Waals surface area contributed by atoms with Crippen LogP contribution in [0.4, 0.5) is 5.13 Å². The van der Waals surface area contributed by atoms with Crippen molar-refractivity contribution >= 4 is 55.7 Å². The SMILES string of the molecule is COc1ccc(C2/C(=C(\O)c3cccc(Cl)c3)C(=O)C(=O)N2c2nc3ccc(C)cc3s2)cc1. The monoisotopic (exact) mass is 490 g/mol. The van der Waals surface area contributed by atoms with Gasteiger partial charge in [-0.2, -0.15) is 0 Å². The number of fused-ring (bicyclic) bond motifs is 1. The average Bonchev–Trinajstić information content (AvgIpc) is 3.36. The second kappa shape index (κ2) is 8.59. The highest BCUT2D eigenvalue weighted by Crippen LogP contribution is 2.44. The number of rotatable bonds is 4. The van der Waals surface area contributed by atoms with Crippen molar-refractivity contribution in [3.8, 4) is 5.75 Å². The fourth-order valence-electron chi connectivity index (χ4n) is 4.05. The van der Waals surface area contributed by atoms with E-state index in [9.17, 15) is 14.7 Å². The molecule has 6 nitrogen and oxygen atoms in total. The van der Waals surface area contributed by atoms with E-state index in [0.29, 0.717) is 27.0 Å². The number of carbonyl (C=O) groups is 2. The minimum atomic E-state index is -0.869. The Hall–Kier alpha value is -3.68. The Kier molecular flexibility index (Phi) is 5.59. The molecule has 8 heteroatoms. The van der Waals surface area contributed by atoms with Crippen molar-refractivity contribution in [2.75, 3.05) is 12.0 Å². The maximum atomic E-state index is 13.3.